The molecule has 1 saturated heterocycles. The number of halogens is 1. The summed E-state index contributed by atoms with van der Waals surface area (Å²) >= 11 is 5.83. The molecule has 0 unspecified atom stereocenters. The van der Waals surface area contributed by atoms with Crippen molar-refractivity contribution in [3.05, 3.63) is 34.9 Å². The largest absolute Gasteiger partial charge is 0.343 e. The van der Waals surface area contributed by atoms with E-state index < -0.39 is 0 Å². The molecule has 0 radical (unpaired) electrons. The van der Waals surface area contributed by atoms with Gasteiger partial charge in [-0.3, -0.25) is 9.59 Å². The highest BCUT2D eigenvalue weighted by atomic mass is 35.5. The van der Waals surface area contributed by atoms with Crippen molar-refractivity contribution in [2.45, 2.75) is 0 Å². The molecular formula is C14H19ClN3O2+. The number of nitrogens with zero attached hydrogens (tertiary/aromatic N) is 1. The number of hydrogen-bond acceptors (Lipinski definition) is 2. The second-order valence-corrected chi connectivity index (χ2v) is 5.47. The van der Waals surface area contributed by atoms with Crippen molar-refractivity contribution in [3.63, 3.8) is 0 Å². The number of nitrogens with one attached hydrogen (secondary N) is 2. The molecule has 2 rings (SSSR count). The van der Waals surface area contributed by atoms with Crippen LogP contribution in [-0.4, -0.2) is 56.5 Å². The average molecular weight is 297 g/mol. The second-order valence-electron chi connectivity index (χ2n) is 5.03. The summed E-state index contributed by atoms with van der Waals surface area (Å²) in [5.41, 5.74) is 0.466. The summed E-state index contributed by atoms with van der Waals surface area (Å²) in [5.74, 6) is -0.312. The molecule has 0 bridgehead atoms. The maximum Gasteiger partial charge on any atom is 0.251 e. The van der Waals surface area contributed by atoms with E-state index in [2.05, 4.69) is 12.4 Å². The molecule has 2 N–H and O–H groups in total. The normalized spacial score (nSPS) is 16.0. The molecular weight excluding hydrogens is 278 g/mol. The van der Waals surface area contributed by atoms with E-state index in [0.29, 0.717) is 10.6 Å². The summed E-state index contributed by atoms with van der Waals surface area (Å²) < 4.78 is 0. The van der Waals surface area contributed by atoms with Gasteiger partial charge in [0.25, 0.3) is 5.91 Å². The lowest BCUT2D eigenvalue weighted by Gasteiger charge is -2.30. The van der Waals surface area contributed by atoms with Gasteiger partial charge >= 0.3 is 0 Å². The number of rotatable bonds is 3. The first-order chi connectivity index (χ1) is 9.56. The molecule has 108 valence electrons. The minimum Gasteiger partial charge on any atom is -0.343 e. The molecule has 1 aliphatic rings. The molecule has 1 aromatic rings. The molecule has 0 aromatic heterocycles. The SMILES string of the molecule is C[NH+]1CCN(C(=O)CNC(=O)c2cccc(Cl)c2)CC1. The van der Waals surface area contributed by atoms with Crippen LogP contribution in [0.15, 0.2) is 24.3 Å². The van der Waals surface area contributed by atoms with Crippen LogP contribution in [0.4, 0.5) is 0 Å². The van der Waals surface area contributed by atoms with Gasteiger partial charge in [0.1, 0.15) is 0 Å². The van der Waals surface area contributed by atoms with Crippen molar-refractivity contribution in [1.29, 1.82) is 0 Å². The number of amides is 2. The lowest BCUT2D eigenvalue weighted by Crippen LogP contribution is -3.12. The lowest BCUT2D eigenvalue weighted by molar-refractivity contribution is -0.883. The van der Waals surface area contributed by atoms with E-state index in [0.717, 1.165) is 26.2 Å². The molecule has 0 saturated carbocycles. The van der Waals surface area contributed by atoms with Crippen LogP contribution in [0.3, 0.4) is 0 Å². The zero-order valence-electron chi connectivity index (χ0n) is 11.5. The molecule has 2 amide bonds. The second kappa shape index (κ2) is 6.72. The van der Waals surface area contributed by atoms with Crippen molar-refractivity contribution in [2.24, 2.45) is 0 Å². The number of benzene rings is 1. The zero-order chi connectivity index (χ0) is 14.5. The Hall–Kier alpha value is -1.59. The van der Waals surface area contributed by atoms with Crippen LogP contribution in [0, 0.1) is 0 Å². The van der Waals surface area contributed by atoms with Crippen LogP contribution in [0.1, 0.15) is 10.4 Å². The fraction of sp³-hybridized carbons (Fsp3) is 0.429. The lowest BCUT2D eigenvalue weighted by atomic mass is 10.2. The summed E-state index contributed by atoms with van der Waals surface area (Å²) in [5, 5.41) is 3.14. The Balaban J connectivity index is 1.82. The van der Waals surface area contributed by atoms with E-state index in [4.69, 9.17) is 11.6 Å². The van der Waals surface area contributed by atoms with E-state index >= 15 is 0 Å². The Morgan fingerprint density at radius 1 is 1.35 bits per heavy atom. The predicted octanol–water partition coefficient (Wildman–Crippen LogP) is -0.573. The quantitative estimate of drug-likeness (QED) is 0.785. The third-order valence-corrected chi connectivity index (χ3v) is 3.69. The van der Waals surface area contributed by atoms with Crippen LogP contribution >= 0.6 is 11.6 Å². The van der Waals surface area contributed by atoms with Crippen molar-refractivity contribution in [3.8, 4) is 0 Å². The number of hydrogen-bond donors (Lipinski definition) is 2. The highest BCUT2D eigenvalue weighted by Crippen LogP contribution is 2.10. The van der Waals surface area contributed by atoms with Gasteiger partial charge in [0, 0.05) is 10.6 Å². The molecule has 1 aliphatic heterocycles. The van der Waals surface area contributed by atoms with Crippen LogP contribution < -0.4 is 10.2 Å². The van der Waals surface area contributed by atoms with Gasteiger partial charge in [-0.05, 0) is 18.2 Å². The third kappa shape index (κ3) is 3.95. The maximum atomic E-state index is 12.0. The predicted molar refractivity (Wildman–Crippen MR) is 77.0 cm³/mol. The summed E-state index contributed by atoms with van der Waals surface area (Å²) in [6.45, 7) is 3.43. The van der Waals surface area contributed by atoms with Crippen molar-refractivity contribution < 1.29 is 14.5 Å². The van der Waals surface area contributed by atoms with Gasteiger partial charge < -0.3 is 15.1 Å². The number of carbonyl (C=O) groups is 2. The van der Waals surface area contributed by atoms with Crippen LogP contribution in [0.5, 0.6) is 0 Å². The zero-order valence-corrected chi connectivity index (χ0v) is 12.2. The Kier molecular flexibility index (Phi) is 4.98. The molecule has 1 heterocycles. The van der Waals surface area contributed by atoms with Crippen molar-refractivity contribution in [1.82, 2.24) is 10.2 Å². The summed E-state index contributed by atoms with van der Waals surface area (Å²) in [6.07, 6.45) is 0. The minimum atomic E-state index is -0.277. The number of likely N-dealkylation sites (N-methyl/N-ethyl adjacent to an activating group) is 1. The smallest absolute Gasteiger partial charge is 0.251 e. The molecule has 1 aromatic carbocycles. The van der Waals surface area contributed by atoms with Crippen molar-refractivity contribution >= 4 is 23.4 Å². The Bertz CT molecular complexity index is 499. The standard InChI is InChI=1S/C14H18ClN3O2/c1-17-5-7-18(8-6-17)13(19)10-16-14(20)11-3-2-4-12(15)9-11/h2-4,9H,5-8,10H2,1H3,(H,16,20)/p+1. The molecule has 5 nitrogen and oxygen atoms in total. The van der Waals surface area contributed by atoms with Gasteiger partial charge in [-0.2, -0.15) is 0 Å². The Labute approximate surface area is 123 Å². The van der Waals surface area contributed by atoms with E-state index in [1.165, 1.54) is 4.90 Å². The third-order valence-electron chi connectivity index (χ3n) is 3.46. The van der Waals surface area contributed by atoms with Crippen molar-refractivity contribution in [2.75, 3.05) is 39.8 Å². The van der Waals surface area contributed by atoms with E-state index in [1.54, 1.807) is 29.2 Å². The van der Waals surface area contributed by atoms with Gasteiger partial charge in [0.15, 0.2) is 0 Å². The van der Waals surface area contributed by atoms with Gasteiger partial charge in [0.05, 0.1) is 39.8 Å². The Morgan fingerprint density at radius 2 is 2.05 bits per heavy atom. The van der Waals surface area contributed by atoms with E-state index in [9.17, 15) is 9.59 Å². The number of piperazine rings is 1. The van der Waals surface area contributed by atoms with Gasteiger partial charge in [-0.25, -0.2) is 0 Å². The first-order valence-corrected chi connectivity index (χ1v) is 7.07. The summed E-state index contributed by atoms with van der Waals surface area (Å²) in [4.78, 5) is 27.1. The number of carbonyl (C=O) groups excluding carboxylic acids is 2. The number of quaternary nitrogens is 1. The fourth-order valence-corrected chi connectivity index (χ4v) is 2.33. The molecule has 20 heavy (non-hydrogen) atoms. The van der Waals surface area contributed by atoms with Gasteiger partial charge in [-0.1, -0.05) is 17.7 Å². The van der Waals surface area contributed by atoms with E-state index in [1.807, 2.05) is 0 Å². The average Bonchev–Trinajstić information content (AvgIpc) is 2.45. The Morgan fingerprint density at radius 3 is 2.70 bits per heavy atom. The van der Waals surface area contributed by atoms with Crippen LogP contribution in [-0.2, 0) is 4.79 Å². The van der Waals surface area contributed by atoms with Crippen LogP contribution in [0.2, 0.25) is 5.02 Å². The molecule has 6 heteroatoms. The highest BCUT2D eigenvalue weighted by molar-refractivity contribution is 6.30. The van der Waals surface area contributed by atoms with Gasteiger partial charge in [-0.15, -0.1) is 0 Å². The fourth-order valence-electron chi connectivity index (χ4n) is 2.14. The highest BCUT2D eigenvalue weighted by Gasteiger charge is 2.21. The molecule has 0 spiro atoms. The molecule has 1 fully saturated rings. The molecule has 0 atom stereocenters. The first kappa shape index (κ1) is 14.8. The topological polar surface area (TPSA) is 53.9 Å². The monoisotopic (exact) mass is 296 g/mol. The molecule has 0 aliphatic carbocycles. The first-order valence-electron chi connectivity index (χ1n) is 6.69. The van der Waals surface area contributed by atoms with E-state index in [-0.39, 0.29) is 18.4 Å². The summed E-state index contributed by atoms with van der Waals surface area (Å²) in [7, 11) is 2.11. The maximum absolute atomic E-state index is 12.0. The van der Waals surface area contributed by atoms with Gasteiger partial charge in [0.2, 0.25) is 5.91 Å². The summed E-state index contributed by atoms with van der Waals surface area (Å²) in [6, 6.07) is 6.67. The minimum absolute atomic E-state index is 0.0321. The van der Waals surface area contributed by atoms with Crippen LogP contribution in [0.25, 0.3) is 0 Å².